The predicted octanol–water partition coefficient (Wildman–Crippen LogP) is 4.15. The molecule has 0 aliphatic rings. The van der Waals surface area contributed by atoms with Crippen LogP contribution in [0.3, 0.4) is 0 Å². The maximum atomic E-state index is 12.7. The van der Waals surface area contributed by atoms with Crippen LogP contribution in [0.2, 0.25) is 5.02 Å². The summed E-state index contributed by atoms with van der Waals surface area (Å²) in [6.07, 6.45) is 0. The number of carbonyl (C=O) groups excluding carboxylic acids is 1. The van der Waals surface area contributed by atoms with E-state index in [0.29, 0.717) is 16.5 Å². The SMILES string of the molecule is CN(c1ccc(OC(=O)COc2ccccc2Cl)cc1)S(=O)(=O)c1ccccc1. The number of sulfonamides is 1. The predicted molar refractivity (Wildman–Crippen MR) is 111 cm³/mol. The van der Waals surface area contributed by atoms with Crippen LogP contribution in [0.4, 0.5) is 5.69 Å². The molecule has 150 valence electrons. The van der Waals surface area contributed by atoms with Gasteiger partial charge in [0, 0.05) is 7.05 Å². The zero-order valence-electron chi connectivity index (χ0n) is 15.5. The third kappa shape index (κ3) is 5.07. The van der Waals surface area contributed by atoms with E-state index in [1.807, 2.05) is 0 Å². The highest BCUT2D eigenvalue weighted by Crippen LogP contribution is 2.25. The number of ether oxygens (including phenoxy) is 2. The van der Waals surface area contributed by atoms with Crippen LogP contribution < -0.4 is 13.8 Å². The molecular formula is C21H18ClNO5S. The quantitative estimate of drug-likeness (QED) is 0.415. The van der Waals surface area contributed by atoms with Crippen molar-refractivity contribution in [3.8, 4) is 11.5 Å². The molecule has 0 unspecified atom stereocenters. The largest absolute Gasteiger partial charge is 0.480 e. The summed E-state index contributed by atoms with van der Waals surface area (Å²) < 4.78 is 37.0. The molecule has 29 heavy (non-hydrogen) atoms. The lowest BCUT2D eigenvalue weighted by Crippen LogP contribution is -2.26. The summed E-state index contributed by atoms with van der Waals surface area (Å²) >= 11 is 5.97. The highest BCUT2D eigenvalue weighted by molar-refractivity contribution is 7.92. The fraction of sp³-hybridized carbons (Fsp3) is 0.0952. The smallest absolute Gasteiger partial charge is 0.349 e. The van der Waals surface area contributed by atoms with Gasteiger partial charge in [0.15, 0.2) is 6.61 Å². The van der Waals surface area contributed by atoms with Gasteiger partial charge in [-0.3, -0.25) is 4.31 Å². The van der Waals surface area contributed by atoms with Crippen LogP contribution in [-0.2, 0) is 14.8 Å². The Morgan fingerprint density at radius 3 is 2.21 bits per heavy atom. The van der Waals surface area contributed by atoms with Crippen molar-refractivity contribution in [2.24, 2.45) is 0 Å². The topological polar surface area (TPSA) is 72.9 Å². The minimum absolute atomic E-state index is 0.190. The minimum atomic E-state index is -3.68. The van der Waals surface area contributed by atoms with E-state index in [4.69, 9.17) is 21.1 Å². The first-order chi connectivity index (χ1) is 13.9. The number of rotatable bonds is 7. The van der Waals surface area contributed by atoms with Gasteiger partial charge in [0.25, 0.3) is 10.0 Å². The van der Waals surface area contributed by atoms with E-state index in [-0.39, 0.29) is 17.3 Å². The average molecular weight is 432 g/mol. The van der Waals surface area contributed by atoms with Crippen molar-refractivity contribution in [2.75, 3.05) is 18.0 Å². The van der Waals surface area contributed by atoms with Crippen LogP contribution in [-0.4, -0.2) is 28.0 Å². The number of halogens is 1. The van der Waals surface area contributed by atoms with Gasteiger partial charge < -0.3 is 9.47 Å². The molecule has 0 amide bonds. The Bertz CT molecular complexity index is 1090. The van der Waals surface area contributed by atoms with Gasteiger partial charge in [-0.25, -0.2) is 13.2 Å². The van der Waals surface area contributed by atoms with Crippen LogP contribution in [0.5, 0.6) is 11.5 Å². The summed E-state index contributed by atoms with van der Waals surface area (Å²) in [7, 11) is -2.22. The van der Waals surface area contributed by atoms with Gasteiger partial charge >= 0.3 is 5.97 Å². The van der Waals surface area contributed by atoms with E-state index in [1.54, 1.807) is 54.6 Å². The molecule has 0 N–H and O–H groups in total. The number of nitrogens with zero attached hydrogens (tertiary/aromatic N) is 1. The summed E-state index contributed by atoms with van der Waals surface area (Å²) in [5.74, 6) is 0.0455. The molecule has 0 aromatic heterocycles. The normalized spacial score (nSPS) is 11.0. The second-order valence-electron chi connectivity index (χ2n) is 5.97. The lowest BCUT2D eigenvalue weighted by Gasteiger charge is -2.19. The van der Waals surface area contributed by atoms with Crippen LogP contribution in [0, 0.1) is 0 Å². The van der Waals surface area contributed by atoms with Gasteiger partial charge in [-0.1, -0.05) is 41.9 Å². The zero-order valence-corrected chi connectivity index (χ0v) is 17.1. The molecule has 0 heterocycles. The van der Waals surface area contributed by atoms with Crippen LogP contribution in [0.25, 0.3) is 0 Å². The summed E-state index contributed by atoms with van der Waals surface area (Å²) in [6.45, 7) is -0.312. The Labute approximate surface area is 174 Å². The van der Waals surface area contributed by atoms with Crippen molar-refractivity contribution >= 4 is 33.3 Å². The van der Waals surface area contributed by atoms with Crippen molar-refractivity contribution in [3.63, 3.8) is 0 Å². The summed E-state index contributed by atoms with van der Waals surface area (Å²) in [5, 5.41) is 0.396. The molecule has 0 atom stereocenters. The van der Waals surface area contributed by atoms with Crippen molar-refractivity contribution in [1.29, 1.82) is 0 Å². The molecule has 0 spiro atoms. The first kappa shape index (κ1) is 20.7. The number of benzene rings is 3. The molecule has 8 heteroatoms. The Hall–Kier alpha value is -3.03. The standard InChI is InChI=1S/C21H18ClNO5S/c1-23(29(25,26)18-7-3-2-4-8-18)16-11-13-17(14-12-16)28-21(24)15-27-20-10-6-5-9-19(20)22/h2-14H,15H2,1H3. The molecule has 0 fully saturated rings. The number of hydrogen-bond donors (Lipinski definition) is 0. The molecule has 3 aromatic carbocycles. The van der Waals surface area contributed by atoms with E-state index < -0.39 is 16.0 Å². The van der Waals surface area contributed by atoms with Crippen LogP contribution in [0.1, 0.15) is 0 Å². The molecule has 3 aromatic rings. The van der Waals surface area contributed by atoms with E-state index >= 15 is 0 Å². The Morgan fingerprint density at radius 1 is 0.931 bits per heavy atom. The van der Waals surface area contributed by atoms with Crippen LogP contribution >= 0.6 is 11.6 Å². The average Bonchev–Trinajstić information content (AvgIpc) is 2.74. The molecule has 0 saturated heterocycles. The number of anilines is 1. The Kier molecular flexibility index (Phi) is 6.41. The monoisotopic (exact) mass is 431 g/mol. The van der Waals surface area contributed by atoms with Gasteiger partial charge in [-0.2, -0.15) is 0 Å². The third-order valence-electron chi connectivity index (χ3n) is 4.02. The van der Waals surface area contributed by atoms with Gasteiger partial charge in [-0.15, -0.1) is 0 Å². The molecule has 6 nitrogen and oxygen atoms in total. The first-order valence-corrected chi connectivity index (χ1v) is 10.4. The molecule has 0 radical (unpaired) electrons. The molecule has 3 rings (SSSR count). The van der Waals surface area contributed by atoms with Crippen molar-refractivity contribution in [2.45, 2.75) is 4.90 Å². The first-order valence-electron chi connectivity index (χ1n) is 8.60. The van der Waals surface area contributed by atoms with E-state index in [1.165, 1.54) is 31.3 Å². The van der Waals surface area contributed by atoms with Gasteiger partial charge in [0.05, 0.1) is 15.6 Å². The Morgan fingerprint density at radius 2 is 1.55 bits per heavy atom. The molecule has 0 aliphatic heterocycles. The lowest BCUT2D eigenvalue weighted by atomic mass is 10.3. The third-order valence-corrected chi connectivity index (χ3v) is 6.13. The summed E-state index contributed by atoms with van der Waals surface area (Å²) in [5.41, 5.74) is 0.431. The number of carbonyl (C=O) groups is 1. The molecule has 0 bridgehead atoms. The van der Waals surface area contributed by atoms with Gasteiger partial charge in [0.1, 0.15) is 11.5 Å². The van der Waals surface area contributed by atoms with Crippen molar-refractivity contribution in [1.82, 2.24) is 0 Å². The molecule has 0 aliphatic carbocycles. The zero-order chi connectivity index (χ0) is 20.9. The van der Waals surface area contributed by atoms with E-state index in [9.17, 15) is 13.2 Å². The maximum absolute atomic E-state index is 12.7. The highest BCUT2D eigenvalue weighted by atomic mass is 35.5. The summed E-state index contributed by atoms with van der Waals surface area (Å²) in [6, 6.07) is 21.1. The van der Waals surface area contributed by atoms with Gasteiger partial charge in [-0.05, 0) is 48.5 Å². The summed E-state index contributed by atoms with van der Waals surface area (Å²) in [4.78, 5) is 12.2. The minimum Gasteiger partial charge on any atom is -0.480 e. The number of hydrogen-bond acceptors (Lipinski definition) is 5. The molecule has 0 saturated carbocycles. The fourth-order valence-electron chi connectivity index (χ4n) is 2.47. The van der Waals surface area contributed by atoms with Crippen molar-refractivity contribution < 1.29 is 22.7 Å². The Balaban J connectivity index is 1.62. The second-order valence-corrected chi connectivity index (χ2v) is 8.35. The van der Waals surface area contributed by atoms with E-state index in [2.05, 4.69) is 0 Å². The maximum Gasteiger partial charge on any atom is 0.349 e. The number of esters is 1. The number of para-hydroxylation sites is 1. The van der Waals surface area contributed by atoms with Gasteiger partial charge in [0.2, 0.25) is 0 Å². The molecular weight excluding hydrogens is 414 g/mol. The lowest BCUT2D eigenvalue weighted by molar-refractivity contribution is -0.136. The van der Waals surface area contributed by atoms with E-state index in [0.717, 1.165) is 4.31 Å². The fourth-order valence-corrected chi connectivity index (χ4v) is 3.88. The van der Waals surface area contributed by atoms with Crippen LogP contribution in [0.15, 0.2) is 83.8 Å². The highest BCUT2D eigenvalue weighted by Gasteiger charge is 2.21. The van der Waals surface area contributed by atoms with Crippen molar-refractivity contribution in [3.05, 3.63) is 83.9 Å². The second kappa shape index (κ2) is 8.98.